The lowest BCUT2D eigenvalue weighted by Crippen LogP contribution is -2.31. The van der Waals surface area contributed by atoms with Crippen LogP contribution in [0.3, 0.4) is 0 Å². The van der Waals surface area contributed by atoms with Gasteiger partial charge in [-0.2, -0.15) is 0 Å². The van der Waals surface area contributed by atoms with Crippen molar-refractivity contribution in [3.8, 4) is 5.75 Å². The summed E-state index contributed by atoms with van der Waals surface area (Å²) in [5.74, 6) is 0.394. The van der Waals surface area contributed by atoms with Crippen molar-refractivity contribution in [3.05, 3.63) is 27.7 Å². The van der Waals surface area contributed by atoms with Gasteiger partial charge in [-0.05, 0) is 57.4 Å². The highest BCUT2D eigenvalue weighted by atomic mass is 79.9. The van der Waals surface area contributed by atoms with E-state index >= 15 is 0 Å². The number of rotatable bonds is 4. The summed E-state index contributed by atoms with van der Waals surface area (Å²) in [5.41, 5.74) is 1.86. The normalized spacial score (nSPS) is 21.8. The Morgan fingerprint density at radius 1 is 1.47 bits per heavy atom. The largest absolute Gasteiger partial charge is 0.507 e. The van der Waals surface area contributed by atoms with Gasteiger partial charge in [-0.1, -0.05) is 15.9 Å². The van der Waals surface area contributed by atoms with Crippen LogP contribution in [0.4, 0.5) is 0 Å². The molecule has 1 aliphatic heterocycles. The fourth-order valence-electron chi connectivity index (χ4n) is 2.91. The van der Waals surface area contributed by atoms with Crippen molar-refractivity contribution in [2.45, 2.75) is 51.8 Å². The van der Waals surface area contributed by atoms with Gasteiger partial charge in [0.1, 0.15) is 5.75 Å². The molecule has 2 rings (SSSR count). The monoisotopic (exact) mass is 327 g/mol. The van der Waals surface area contributed by atoms with Gasteiger partial charge < -0.3 is 10.2 Å². The molecule has 0 saturated carbocycles. The molecule has 1 saturated heterocycles. The number of aryl methyl sites for hydroxylation is 1. The first-order valence-electron chi connectivity index (χ1n) is 6.87. The first-order valence-corrected chi connectivity index (χ1v) is 7.66. The molecule has 3 nitrogen and oxygen atoms in total. The van der Waals surface area contributed by atoms with Gasteiger partial charge in [0.15, 0.2) is 0 Å². The van der Waals surface area contributed by atoms with Crippen LogP contribution in [0.1, 0.15) is 37.3 Å². The predicted molar refractivity (Wildman–Crippen MR) is 80.3 cm³/mol. The van der Waals surface area contributed by atoms with E-state index in [1.807, 2.05) is 26.0 Å². The Bertz CT molecular complexity index is 448. The van der Waals surface area contributed by atoms with E-state index in [1.54, 1.807) is 0 Å². The molecule has 0 aliphatic carbocycles. The van der Waals surface area contributed by atoms with E-state index in [4.69, 9.17) is 0 Å². The van der Waals surface area contributed by atoms with Gasteiger partial charge in [-0.15, -0.1) is 0 Å². The molecule has 0 radical (unpaired) electrons. The maximum atomic E-state index is 10.2. The quantitative estimate of drug-likeness (QED) is 0.892. The van der Waals surface area contributed by atoms with Crippen LogP contribution in [0.5, 0.6) is 5.75 Å². The van der Waals surface area contributed by atoms with Gasteiger partial charge in [0.05, 0.1) is 6.10 Å². The van der Waals surface area contributed by atoms with Crippen molar-refractivity contribution in [1.29, 1.82) is 0 Å². The number of aliphatic hydroxyl groups excluding tert-OH is 1. The van der Waals surface area contributed by atoms with Crippen molar-refractivity contribution in [2.24, 2.45) is 0 Å². The van der Waals surface area contributed by atoms with Gasteiger partial charge >= 0.3 is 0 Å². The Hall–Kier alpha value is -0.580. The standard InChI is InChI=1S/C15H22BrNO2/c1-10-6-13(16)8-12(15(10)19)9-17-5-3-4-14(17)7-11(2)18/h6,8,11,14,18-19H,3-5,7,9H2,1-2H3. The Labute approximate surface area is 123 Å². The van der Waals surface area contributed by atoms with E-state index in [0.717, 1.165) is 41.5 Å². The third-order valence-electron chi connectivity index (χ3n) is 3.83. The molecule has 2 N–H and O–H groups in total. The van der Waals surface area contributed by atoms with Gasteiger partial charge in [0.2, 0.25) is 0 Å². The second-order valence-electron chi connectivity index (χ2n) is 5.58. The predicted octanol–water partition coefficient (Wildman–Crippen LogP) is 3.20. The van der Waals surface area contributed by atoms with E-state index in [9.17, 15) is 10.2 Å². The summed E-state index contributed by atoms with van der Waals surface area (Å²) in [4.78, 5) is 2.37. The van der Waals surface area contributed by atoms with E-state index in [0.29, 0.717) is 11.8 Å². The number of aromatic hydroxyl groups is 1. The molecule has 106 valence electrons. The molecular weight excluding hydrogens is 306 g/mol. The molecule has 1 heterocycles. The molecule has 2 atom stereocenters. The van der Waals surface area contributed by atoms with Gasteiger partial charge in [0.25, 0.3) is 0 Å². The minimum atomic E-state index is -0.261. The fourth-order valence-corrected chi connectivity index (χ4v) is 3.53. The number of hydrogen-bond acceptors (Lipinski definition) is 3. The highest BCUT2D eigenvalue weighted by Crippen LogP contribution is 2.31. The van der Waals surface area contributed by atoms with E-state index in [2.05, 4.69) is 20.8 Å². The molecule has 0 spiro atoms. The second-order valence-corrected chi connectivity index (χ2v) is 6.50. The molecule has 1 aromatic carbocycles. The average Bonchev–Trinajstić information content (AvgIpc) is 2.72. The molecule has 1 aromatic rings. The number of nitrogens with zero attached hydrogens (tertiary/aromatic N) is 1. The molecule has 19 heavy (non-hydrogen) atoms. The highest BCUT2D eigenvalue weighted by molar-refractivity contribution is 9.10. The second kappa shape index (κ2) is 6.25. The summed E-state index contributed by atoms with van der Waals surface area (Å²) in [6.45, 7) is 5.56. The Kier molecular flexibility index (Phi) is 4.87. The highest BCUT2D eigenvalue weighted by Gasteiger charge is 2.26. The zero-order valence-electron chi connectivity index (χ0n) is 11.6. The number of benzene rings is 1. The lowest BCUT2D eigenvalue weighted by Gasteiger charge is -2.26. The van der Waals surface area contributed by atoms with Crippen LogP contribution >= 0.6 is 15.9 Å². The average molecular weight is 328 g/mol. The molecule has 0 amide bonds. The number of phenolic OH excluding ortho intramolecular Hbond substituents is 1. The smallest absolute Gasteiger partial charge is 0.123 e. The van der Waals surface area contributed by atoms with Crippen molar-refractivity contribution >= 4 is 15.9 Å². The zero-order valence-corrected chi connectivity index (χ0v) is 13.2. The SMILES string of the molecule is Cc1cc(Br)cc(CN2CCCC2CC(C)O)c1O. The first-order chi connectivity index (χ1) is 8.97. The topological polar surface area (TPSA) is 43.7 Å². The Morgan fingerprint density at radius 3 is 2.89 bits per heavy atom. The molecular formula is C15H22BrNO2. The van der Waals surface area contributed by atoms with Crippen LogP contribution in [-0.4, -0.2) is 33.8 Å². The summed E-state index contributed by atoms with van der Waals surface area (Å²) in [5, 5.41) is 19.7. The summed E-state index contributed by atoms with van der Waals surface area (Å²) in [6, 6.07) is 4.34. The van der Waals surface area contributed by atoms with Crippen molar-refractivity contribution in [2.75, 3.05) is 6.54 Å². The molecule has 0 bridgehead atoms. The maximum Gasteiger partial charge on any atom is 0.123 e. The Morgan fingerprint density at radius 2 is 2.21 bits per heavy atom. The molecule has 1 aliphatic rings. The number of hydrogen-bond donors (Lipinski definition) is 2. The van der Waals surface area contributed by atoms with E-state index in [1.165, 1.54) is 6.42 Å². The lowest BCUT2D eigenvalue weighted by atomic mass is 10.1. The molecule has 0 aromatic heterocycles. The molecule has 4 heteroatoms. The summed E-state index contributed by atoms with van der Waals surface area (Å²) >= 11 is 3.48. The van der Waals surface area contributed by atoms with Crippen LogP contribution in [0.2, 0.25) is 0 Å². The molecule has 1 fully saturated rings. The third-order valence-corrected chi connectivity index (χ3v) is 4.29. The first kappa shape index (κ1) is 14.8. The van der Waals surface area contributed by atoms with Gasteiger partial charge in [0, 0.05) is 22.6 Å². The minimum absolute atomic E-state index is 0.261. The van der Waals surface area contributed by atoms with Crippen LogP contribution in [0.15, 0.2) is 16.6 Å². The minimum Gasteiger partial charge on any atom is -0.507 e. The van der Waals surface area contributed by atoms with Crippen molar-refractivity contribution in [1.82, 2.24) is 4.90 Å². The van der Waals surface area contributed by atoms with Crippen molar-refractivity contribution < 1.29 is 10.2 Å². The van der Waals surface area contributed by atoms with E-state index < -0.39 is 0 Å². The Balaban J connectivity index is 2.12. The maximum absolute atomic E-state index is 10.2. The van der Waals surface area contributed by atoms with E-state index in [-0.39, 0.29) is 6.10 Å². The van der Waals surface area contributed by atoms with Crippen LogP contribution < -0.4 is 0 Å². The fraction of sp³-hybridized carbons (Fsp3) is 0.600. The number of halogens is 1. The van der Waals surface area contributed by atoms with Gasteiger partial charge in [-0.3, -0.25) is 4.90 Å². The van der Waals surface area contributed by atoms with Crippen molar-refractivity contribution in [3.63, 3.8) is 0 Å². The number of likely N-dealkylation sites (tertiary alicyclic amines) is 1. The van der Waals surface area contributed by atoms with Crippen LogP contribution in [0.25, 0.3) is 0 Å². The van der Waals surface area contributed by atoms with Crippen LogP contribution in [0, 0.1) is 6.92 Å². The molecule has 2 unspecified atom stereocenters. The summed E-state index contributed by atoms with van der Waals surface area (Å²) < 4.78 is 1.00. The van der Waals surface area contributed by atoms with Crippen LogP contribution in [-0.2, 0) is 6.54 Å². The third kappa shape index (κ3) is 3.71. The zero-order chi connectivity index (χ0) is 14.0. The summed E-state index contributed by atoms with van der Waals surface area (Å²) in [6.07, 6.45) is 2.86. The summed E-state index contributed by atoms with van der Waals surface area (Å²) in [7, 11) is 0. The van der Waals surface area contributed by atoms with Gasteiger partial charge in [-0.25, -0.2) is 0 Å². The number of aliphatic hydroxyl groups is 1. The number of phenols is 1. The lowest BCUT2D eigenvalue weighted by molar-refractivity contribution is 0.130.